The Hall–Kier alpha value is -1.66. The summed E-state index contributed by atoms with van der Waals surface area (Å²) >= 11 is 0. The van der Waals surface area contributed by atoms with Crippen LogP contribution in [0.15, 0.2) is 0 Å². The number of aliphatic hydroxyl groups excluding tert-OH is 1. The molecule has 0 saturated carbocycles. The second-order valence-corrected chi connectivity index (χ2v) is 14.6. The van der Waals surface area contributed by atoms with E-state index in [0.717, 1.165) is 116 Å². The van der Waals surface area contributed by atoms with Crippen molar-refractivity contribution in [3.05, 3.63) is 0 Å². The Balaban J connectivity index is 3.98. The average Bonchev–Trinajstić information content (AvgIpc) is 3.14. The number of rotatable bonds is 42. The van der Waals surface area contributed by atoms with Crippen LogP contribution < -0.4 is 0 Å². The molecule has 0 unspecified atom stereocenters. The summed E-state index contributed by atoms with van der Waals surface area (Å²) in [6.07, 6.45) is 35.3. The topological polar surface area (TPSA) is 94.5 Å². The number of carbonyl (C=O) groups excluding carboxylic acids is 2. The quantitative estimate of drug-likeness (QED) is 0.0286. The first-order chi connectivity index (χ1) is 25.6. The van der Waals surface area contributed by atoms with Gasteiger partial charge in [0.1, 0.15) is 0 Å². The lowest BCUT2D eigenvalue weighted by Gasteiger charge is -2.21. The SMILES string of the molecule is C#CCCCCCCOC(=O)CCCCCCCN(CCO)CCCCCCOC(=O)CCC(OCCCCCCCC)OCCCCCCCC. The highest BCUT2D eigenvalue weighted by Crippen LogP contribution is 2.13. The number of nitrogens with zero attached hydrogens (tertiary/aromatic N) is 1. The number of ether oxygens (including phenoxy) is 4. The molecule has 0 saturated heterocycles. The molecule has 0 heterocycles. The largest absolute Gasteiger partial charge is 0.466 e. The van der Waals surface area contributed by atoms with Crippen LogP contribution in [-0.4, -0.2) is 80.9 Å². The third kappa shape index (κ3) is 38.1. The van der Waals surface area contributed by atoms with Crippen molar-refractivity contribution in [1.82, 2.24) is 4.90 Å². The molecule has 0 amide bonds. The fraction of sp³-hybridized carbons (Fsp3) is 0.909. The number of hydrogen-bond donors (Lipinski definition) is 1. The Kier molecular flexibility index (Phi) is 40.7. The van der Waals surface area contributed by atoms with Gasteiger partial charge >= 0.3 is 11.9 Å². The van der Waals surface area contributed by atoms with Crippen molar-refractivity contribution in [2.45, 2.75) is 206 Å². The van der Waals surface area contributed by atoms with Gasteiger partial charge in [0.15, 0.2) is 6.29 Å². The van der Waals surface area contributed by atoms with Crippen molar-refractivity contribution >= 4 is 11.9 Å². The number of carbonyl (C=O) groups is 2. The second kappa shape index (κ2) is 42.1. The summed E-state index contributed by atoms with van der Waals surface area (Å²) in [5.41, 5.74) is 0. The van der Waals surface area contributed by atoms with Gasteiger partial charge in [-0.05, 0) is 64.5 Å². The van der Waals surface area contributed by atoms with Crippen LogP contribution in [0.5, 0.6) is 0 Å². The molecule has 0 radical (unpaired) electrons. The molecule has 0 aromatic rings. The maximum atomic E-state index is 12.5. The molecule has 0 rings (SSSR count). The zero-order valence-electron chi connectivity index (χ0n) is 34.2. The van der Waals surface area contributed by atoms with Gasteiger partial charge in [-0.1, -0.05) is 123 Å². The minimum absolute atomic E-state index is 0.0760. The lowest BCUT2D eigenvalue weighted by atomic mass is 10.1. The summed E-state index contributed by atoms with van der Waals surface area (Å²) in [7, 11) is 0. The highest BCUT2D eigenvalue weighted by atomic mass is 16.7. The summed E-state index contributed by atoms with van der Waals surface area (Å²) in [5, 5.41) is 9.51. The molecule has 0 aromatic heterocycles. The van der Waals surface area contributed by atoms with E-state index in [2.05, 4.69) is 24.7 Å². The Morgan fingerprint density at radius 1 is 0.538 bits per heavy atom. The summed E-state index contributed by atoms with van der Waals surface area (Å²) in [6, 6.07) is 0. The highest BCUT2D eigenvalue weighted by Gasteiger charge is 2.14. The molecule has 306 valence electrons. The van der Waals surface area contributed by atoms with Gasteiger partial charge in [0, 0.05) is 39.0 Å². The number of hydrogen-bond acceptors (Lipinski definition) is 8. The van der Waals surface area contributed by atoms with E-state index < -0.39 is 0 Å². The Labute approximate surface area is 321 Å². The van der Waals surface area contributed by atoms with E-state index in [1.807, 2.05) is 0 Å². The third-order valence-corrected chi connectivity index (χ3v) is 9.57. The summed E-state index contributed by atoms with van der Waals surface area (Å²) in [5.74, 6) is 2.41. The fourth-order valence-corrected chi connectivity index (χ4v) is 6.25. The minimum Gasteiger partial charge on any atom is -0.466 e. The number of terminal acetylenes is 1. The molecule has 0 bridgehead atoms. The van der Waals surface area contributed by atoms with Crippen LogP contribution in [0.1, 0.15) is 200 Å². The van der Waals surface area contributed by atoms with Crippen LogP contribution >= 0.6 is 0 Å². The minimum atomic E-state index is -0.327. The number of unbranched alkanes of at least 4 members (excludes halogenated alkanes) is 21. The first-order valence-corrected chi connectivity index (χ1v) is 21.9. The molecule has 0 aliphatic heterocycles. The molecular formula is C44H83NO7. The fourth-order valence-electron chi connectivity index (χ4n) is 6.25. The van der Waals surface area contributed by atoms with Gasteiger partial charge in [-0.3, -0.25) is 9.59 Å². The normalized spacial score (nSPS) is 11.4. The van der Waals surface area contributed by atoms with Gasteiger partial charge in [0.05, 0.1) is 26.2 Å². The molecule has 1 N–H and O–H groups in total. The molecule has 8 heteroatoms. The molecule has 0 spiro atoms. The Morgan fingerprint density at radius 3 is 1.46 bits per heavy atom. The second-order valence-electron chi connectivity index (χ2n) is 14.6. The first kappa shape index (κ1) is 50.3. The first-order valence-electron chi connectivity index (χ1n) is 21.9. The van der Waals surface area contributed by atoms with Crippen molar-refractivity contribution in [1.29, 1.82) is 0 Å². The number of aliphatic hydroxyl groups is 1. The summed E-state index contributed by atoms with van der Waals surface area (Å²) in [6.45, 7) is 9.70. The molecule has 0 fully saturated rings. The van der Waals surface area contributed by atoms with Gasteiger partial charge in [-0.2, -0.15) is 0 Å². The standard InChI is InChI=1S/C44H83NO7/c1-4-7-10-13-20-27-38-49-42(47)31-24-17-16-18-25-34-45(36-37-46)35-26-19-23-28-39-50-43(48)32-33-44(51-40-29-21-14-11-8-5-2)52-41-30-22-15-12-9-6-3/h1,44,46H,5-41H2,2-3H3. The van der Waals surface area contributed by atoms with Crippen LogP contribution in [0, 0.1) is 12.3 Å². The molecule has 0 atom stereocenters. The maximum Gasteiger partial charge on any atom is 0.305 e. The predicted molar refractivity (Wildman–Crippen MR) is 215 cm³/mol. The van der Waals surface area contributed by atoms with E-state index in [1.54, 1.807) is 0 Å². The molecule has 0 aromatic carbocycles. The van der Waals surface area contributed by atoms with Crippen LogP contribution in [0.3, 0.4) is 0 Å². The van der Waals surface area contributed by atoms with Crippen LogP contribution in [0.2, 0.25) is 0 Å². The Bertz CT molecular complexity index is 784. The van der Waals surface area contributed by atoms with Crippen molar-refractivity contribution in [2.75, 3.05) is 52.7 Å². The average molecular weight is 738 g/mol. The van der Waals surface area contributed by atoms with Crippen molar-refractivity contribution in [3.63, 3.8) is 0 Å². The number of esters is 2. The van der Waals surface area contributed by atoms with E-state index in [0.29, 0.717) is 52.2 Å². The van der Waals surface area contributed by atoms with Crippen LogP contribution in [-0.2, 0) is 28.5 Å². The summed E-state index contributed by atoms with van der Waals surface area (Å²) < 4.78 is 23.0. The highest BCUT2D eigenvalue weighted by molar-refractivity contribution is 5.69. The van der Waals surface area contributed by atoms with E-state index in [-0.39, 0.29) is 24.8 Å². The molecular weight excluding hydrogens is 654 g/mol. The monoisotopic (exact) mass is 738 g/mol. The van der Waals surface area contributed by atoms with E-state index in [4.69, 9.17) is 25.4 Å². The van der Waals surface area contributed by atoms with Crippen molar-refractivity contribution in [3.8, 4) is 12.3 Å². The van der Waals surface area contributed by atoms with Crippen LogP contribution in [0.25, 0.3) is 0 Å². The Morgan fingerprint density at radius 2 is 0.962 bits per heavy atom. The molecule has 52 heavy (non-hydrogen) atoms. The van der Waals surface area contributed by atoms with Gasteiger partial charge in [0.25, 0.3) is 0 Å². The lowest BCUT2D eigenvalue weighted by Crippen LogP contribution is -2.29. The van der Waals surface area contributed by atoms with Crippen LogP contribution in [0.4, 0.5) is 0 Å². The van der Waals surface area contributed by atoms with Gasteiger partial charge in [-0.15, -0.1) is 12.3 Å². The molecule has 8 nitrogen and oxygen atoms in total. The smallest absolute Gasteiger partial charge is 0.305 e. The molecule has 0 aliphatic rings. The van der Waals surface area contributed by atoms with Crippen molar-refractivity contribution < 1.29 is 33.6 Å². The van der Waals surface area contributed by atoms with Crippen molar-refractivity contribution in [2.24, 2.45) is 0 Å². The zero-order valence-corrected chi connectivity index (χ0v) is 34.2. The van der Waals surface area contributed by atoms with Gasteiger partial charge in [0.2, 0.25) is 0 Å². The van der Waals surface area contributed by atoms with E-state index >= 15 is 0 Å². The molecule has 0 aliphatic carbocycles. The van der Waals surface area contributed by atoms with E-state index in [1.165, 1.54) is 64.2 Å². The van der Waals surface area contributed by atoms with Gasteiger partial charge < -0.3 is 29.0 Å². The lowest BCUT2D eigenvalue weighted by molar-refractivity contribution is -0.159. The maximum absolute atomic E-state index is 12.5. The third-order valence-electron chi connectivity index (χ3n) is 9.57. The van der Waals surface area contributed by atoms with E-state index in [9.17, 15) is 14.7 Å². The van der Waals surface area contributed by atoms with Gasteiger partial charge in [-0.25, -0.2) is 0 Å². The summed E-state index contributed by atoms with van der Waals surface area (Å²) in [4.78, 5) is 26.7. The zero-order chi connectivity index (χ0) is 38.0. The predicted octanol–water partition coefficient (Wildman–Crippen LogP) is 10.7.